The molecule has 4 aromatic rings. The summed E-state index contributed by atoms with van der Waals surface area (Å²) in [6.07, 6.45) is -4.43. The molecule has 222 valence electrons. The molecule has 0 saturated carbocycles. The number of aliphatic carboxylic acids is 1. The third-order valence-corrected chi connectivity index (χ3v) is 7.52. The number of carboxylic acids is 1. The van der Waals surface area contributed by atoms with Crippen LogP contribution in [0.2, 0.25) is 0 Å². The molecule has 0 atom stereocenters. The fourth-order valence-corrected chi connectivity index (χ4v) is 5.52. The first-order chi connectivity index (χ1) is 19.8. The number of alkyl halides is 3. The summed E-state index contributed by atoms with van der Waals surface area (Å²) in [5, 5.41) is 12.1. The summed E-state index contributed by atoms with van der Waals surface area (Å²) in [5.74, 6) is -2.69. The number of nitrogens with two attached hydrogens (primary N) is 1. The van der Waals surface area contributed by atoms with Crippen molar-refractivity contribution < 1.29 is 36.6 Å². The molecule has 1 amide bonds. The standard InChI is InChI=1S/C25H23F2N5O2S.C2HF3O2/c1-15-3-2-4-16-6-8-22(33)32(23(15)16)19-7-5-17-9-20(35-21(17)10-19)13-30-14-29-31(25(30)34)12-18(11-28)24(26)27;3-2(4,5)1(6)7/h2-5,7,9-10,14H,6,8,11-13,28H2,1H3;(H,6,7). The second kappa shape index (κ2) is 12.2. The first-order valence-corrected chi connectivity index (χ1v) is 13.2. The lowest BCUT2D eigenvalue weighted by molar-refractivity contribution is -0.192. The molecule has 42 heavy (non-hydrogen) atoms. The zero-order valence-corrected chi connectivity index (χ0v) is 22.8. The summed E-state index contributed by atoms with van der Waals surface area (Å²) in [6, 6.07) is 14.0. The molecule has 3 N–H and O–H groups in total. The molecule has 15 heteroatoms. The van der Waals surface area contributed by atoms with Gasteiger partial charge in [-0.15, -0.1) is 11.3 Å². The van der Waals surface area contributed by atoms with E-state index in [4.69, 9.17) is 15.6 Å². The fraction of sp³-hybridized carbons (Fsp3) is 0.259. The summed E-state index contributed by atoms with van der Waals surface area (Å²) >= 11 is 1.51. The number of hydrogen-bond acceptors (Lipinski definition) is 6. The number of para-hydroxylation sites is 1. The number of anilines is 2. The van der Waals surface area contributed by atoms with Crippen molar-refractivity contribution in [1.82, 2.24) is 14.3 Å². The van der Waals surface area contributed by atoms with E-state index in [-0.39, 0.29) is 31.1 Å². The molecule has 0 aliphatic carbocycles. The minimum atomic E-state index is -5.08. The van der Waals surface area contributed by atoms with E-state index in [1.807, 2.05) is 43.3 Å². The van der Waals surface area contributed by atoms with Crippen molar-refractivity contribution >= 4 is 44.7 Å². The van der Waals surface area contributed by atoms with Crippen LogP contribution < -0.4 is 16.3 Å². The first kappa shape index (κ1) is 30.6. The Labute approximate surface area is 238 Å². The van der Waals surface area contributed by atoms with Crippen LogP contribution in [0.4, 0.5) is 33.3 Å². The zero-order chi connectivity index (χ0) is 30.8. The number of carbonyl (C=O) groups excluding carboxylic acids is 1. The molecule has 3 heterocycles. The van der Waals surface area contributed by atoms with Crippen molar-refractivity contribution in [2.24, 2.45) is 5.73 Å². The maximum Gasteiger partial charge on any atom is 0.490 e. The molecular weight excluding hydrogens is 585 g/mol. The van der Waals surface area contributed by atoms with Crippen LogP contribution in [0.1, 0.15) is 22.4 Å². The summed E-state index contributed by atoms with van der Waals surface area (Å²) in [4.78, 5) is 37.1. The van der Waals surface area contributed by atoms with Gasteiger partial charge in [0.15, 0.2) is 0 Å². The Bertz CT molecular complexity index is 1740. The molecule has 1 aliphatic rings. The quantitative estimate of drug-likeness (QED) is 0.298. The van der Waals surface area contributed by atoms with Crippen LogP contribution in [-0.4, -0.2) is 44.1 Å². The van der Waals surface area contributed by atoms with Crippen LogP contribution in [0.3, 0.4) is 0 Å². The lowest BCUT2D eigenvalue weighted by atomic mass is 9.97. The second-order valence-corrected chi connectivity index (χ2v) is 10.5. The number of aryl methyl sites for hydroxylation is 2. The number of carbonyl (C=O) groups is 2. The minimum Gasteiger partial charge on any atom is -0.475 e. The lowest BCUT2D eigenvalue weighted by Gasteiger charge is -2.31. The van der Waals surface area contributed by atoms with E-state index in [0.29, 0.717) is 6.42 Å². The van der Waals surface area contributed by atoms with Crippen LogP contribution in [0.25, 0.3) is 10.1 Å². The highest BCUT2D eigenvalue weighted by Crippen LogP contribution is 2.39. The van der Waals surface area contributed by atoms with Gasteiger partial charge in [0, 0.05) is 28.1 Å². The average Bonchev–Trinajstić information content (AvgIpc) is 3.49. The zero-order valence-electron chi connectivity index (χ0n) is 22.0. The van der Waals surface area contributed by atoms with Gasteiger partial charge in [-0.25, -0.2) is 14.3 Å². The predicted molar refractivity (Wildman–Crippen MR) is 146 cm³/mol. The summed E-state index contributed by atoms with van der Waals surface area (Å²) < 4.78 is 60.9. The number of nitrogens with zero attached hydrogens (tertiary/aromatic N) is 4. The first-order valence-electron chi connectivity index (χ1n) is 12.4. The SMILES string of the molecule is Cc1cccc2c1N(c1ccc3cc(Cn4cnn(CC(CN)=C(F)F)c4=O)sc3c1)C(=O)CC2.O=C(O)C(F)(F)F. The number of aromatic nitrogens is 3. The summed E-state index contributed by atoms with van der Waals surface area (Å²) in [7, 11) is 0. The molecule has 2 aromatic carbocycles. The Balaban J connectivity index is 0.000000517. The largest absolute Gasteiger partial charge is 0.490 e. The van der Waals surface area contributed by atoms with Crippen molar-refractivity contribution in [2.45, 2.75) is 39.0 Å². The van der Waals surface area contributed by atoms with Gasteiger partial charge in [0.2, 0.25) is 5.91 Å². The molecule has 0 saturated heterocycles. The van der Waals surface area contributed by atoms with Gasteiger partial charge in [0.05, 0.1) is 24.5 Å². The van der Waals surface area contributed by atoms with Crippen molar-refractivity contribution in [2.75, 3.05) is 11.4 Å². The normalized spacial score (nSPS) is 13.0. The van der Waals surface area contributed by atoms with E-state index >= 15 is 0 Å². The molecule has 0 bridgehead atoms. The van der Waals surface area contributed by atoms with Crippen molar-refractivity contribution in [1.29, 1.82) is 0 Å². The number of hydrogen-bond donors (Lipinski definition) is 2. The van der Waals surface area contributed by atoms with Gasteiger partial charge >= 0.3 is 17.8 Å². The van der Waals surface area contributed by atoms with Gasteiger partial charge in [-0.2, -0.15) is 27.1 Å². The van der Waals surface area contributed by atoms with Crippen molar-refractivity contribution in [3.63, 3.8) is 0 Å². The Kier molecular flexibility index (Phi) is 8.92. The van der Waals surface area contributed by atoms with Gasteiger partial charge < -0.3 is 10.8 Å². The van der Waals surface area contributed by atoms with E-state index < -0.39 is 23.9 Å². The van der Waals surface area contributed by atoms with Gasteiger partial charge in [-0.3, -0.25) is 14.3 Å². The molecule has 5 rings (SSSR count). The number of rotatable bonds is 6. The Morgan fingerprint density at radius 2 is 1.83 bits per heavy atom. The van der Waals surface area contributed by atoms with E-state index in [2.05, 4.69) is 11.2 Å². The molecular formula is C27H24F5N5O4S. The van der Waals surface area contributed by atoms with Crippen molar-refractivity contribution in [3.8, 4) is 0 Å². The maximum atomic E-state index is 12.9. The average molecular weight is 610 g/mol. The fourth-order valence-electron chi connectivity index (χ4n) is 4.42. The van der Waals surface area contributed by atoms with E-state index in [0.717, 1.165) is 48.6 Å². The highest BCUT2D eigenvalue weighted by molar-refractivity contribution is 7.19. The maximum absolute atomic E-state index is 12.9. The highest BCUT2D eigenvalue weighted by Gasteiger charge is 2.38. The lowest BCUT2D eigenvalue weighted by Crippen LogP contribution is -2.31. The minimum absolute atomic E-state index is 0.0671. The van der Waals surface area contributed by atoms with Gasteiger partial charge in [0.25, 0.3) is 6.08 Å². The van der Waals surface area contributed by atoms with Crippen LogP contribution in [0, 0.1) is 6.92 Å². The van der Waals surface area contributed by atoms with E-state index in [1.54, 1.807) is 4.90 Å². The van der Waals surface area contributed by atoms with Crippen LogP contribution in [0.15, 0.2) is 65.2 Å². The Hall–Kier alpha value is -4.37. The molecule has 9 nitrogen and oxygen atoms in total. The number of thiophene rings is 1. The Morgan fingerprint density at radius 3 is 2.48 bits per heavy atom. The summed E-state index contributed by atoms with van der Waals surface area (Å²) in [5.41, 5.74) is 8.51. The monoisotopic (exact) mass is 609 g/mol. The topological polar surface area (TPSA) is 123 Å². The van der Waals surface area contributed by atoms with Gasteiger partial charge in [-0.05, 0) is 48.1 Å². The molecule has 0 spiro atoms. The number of fused-ring (bicyclic) bond motifs is 2. The smallest absolute Gasteiger partial charge is 0.475 e. The molecule has 2 aromatic heterocycles. The van der Waals surface area contributed by atoms with Crippen LogP contribution >= 0.6 is 11.3 Å². The third kappa shape index (κ3) is 6.57. The van der Waals surface area contributed by atoms with Crippen molar-refractivity contribution in [3.05, 3.63) is 86.9 Å². The number of carboxylic acid groups (broad SMARTS) is 1. The molecule has 0 unspecified atom stereocenters. The molecule has 0 fully saturated rings. The Morgan fingerprint density at radius 1 is 1.12 bits per heavy atom. The second-order valence-electron chi connectivity index (χ2n) is 9.32. The summed E-state index contributed by atoms with van der Waals surface area (Å²) in [6.45, 7) is 1.59. The molecule has 1 aliphatic heterocycles. The number of benzene rings is 2. The van der Waals surface area contributed by atoms with E-state index in [1.165, 1.54) is 22.2 Å². The van der Waals surface area contributed by atoms with Crippen LogP contribution in [-0.2, 0) is 29.1 Å². The van der Waals surface area contributed by atoms with Gasteiger partial charge in [0.1, 0.15) is 6.33 Å². The third-order valence-electron chi connectivity index (χ3n) is 6.44. The predicted octanol–water partition coefficient (Wildman–Crippen LogP) is 4.97. The number of halogens is 5. The highest BCUT2D eigenvalue weighted by atomic mass is 32.1. The van der Waals surface area contributed by atoms with Crippen LogP contribution in [0.5, 0.6) is 0 Å². The number of amides is 1. The molecule has 0 radical (unpaired) electrons. The van der Waals surface area contributed by atoms with E-state index in [9.17, 15) is 31.5 Å². The van der Waals surface area contributed by atoms with Gasteiger partial charge in [-0.1, -0.05) is 24.3 Å².